The largest absolute Gasteiger partial charge is 0.436 e. The predicted octanol–water partition coefficient (Wildman–Crippen LogP) is 6.52. The summed E-state index contributed by atoms with van der Waals surface area (Å²) in [5, 5.41) is 5.11. The summed E-state index contributed by atoms with van der Waals surface area (Å²) in [6.07, 6.45) is 0. The van der Waals surface area contributed by atoms with Crippen molar-refractivity contribution in [3.05, 3.63) is 95.6 Å². The van der Waals surface area contributed by atoms with Crippen molar-refractivity contribution in [2.45, 2.75) is 13.8 Å². The first-order valence-corrected chi connectivity index (χ1v) is 9.85. The van der Waals surface area contributed by atoms with Gasteiger partial charge in [-0.15, -0.1) is 0 Å². The van der Waals surface area contributed by atoms with Gasteiger partial charge >= 0.3 is 0 Å². The van der Waals surface area contributed by atoms with Crippen LogP contribution in [0.2, 0.25) is 0 Å². The van der Waals surface area contributed by atoms with Crippen molar-refractivity contribution < 1.29 is 9.21 Å². The summed E-state index contributed by atoms with van der Waals surface area (Å²) in [6, 6.07) is 25.4. The van der Waals surface area contributed by atoms with E-state index in [1.165, 1.54) is 0 Å². The second-order valence-corrected chi connectivity index (χ2v) is 7.59. The highest BCUT2D eigenvalue weighted by Crippen LogP contribution is 2.28. The van der Waals surface area contributed by atoms with E-state index in [0.29, 0.717) is 28.2 Å². The molecule has 1 amide bonds. The van der Waals surface area contributed by atoms with E-state index in [9.17, 15) is 4.79 Å². The van der Waals surface area contributed by atoms with E-state index >= 15 is 0 Å². The standard InChI is InChI=1S/C26H20N2O2/c1-16-11-17(2)13-21(12-16)26-28-23-15-22(9-10-24(23)30-26)27-25(29)20-8-7-18-5-3-4-6-19(18)14-20/h3-15H,1-2H3,(H,27,29). The van der Waals surface area contributed by atoms with Crippen LogP contribution in [-0.2, 0) is 0 Å². The number of nitrogens with one attached hydrogen (secondary N) is 1. The summed E-state index contributed by atoms with van der Waals surface area (Å²) in [4.78, 5) is 17.4. The number of hydrogen-bond acceptors (Lipinski definition) is 3. The van der Waals surface area contributed by atoms with Gasteiger partial charge in [0.15, 0.2) is 5.58 Å². The third-order valence-electron chi connectivity index (χ3n) is 5.13. The van der Waals surface area contributed by atoms with Crippen LogP contribution >= 0.6 is 0 Å². The number of rotatable bonds is 3. The average molecular weight is 392 g/mol. The molecule has 1 N–H and O–H groups in total. The molecule has 1 heterocycles. The van der Waals surface area contributed by atoms with Gasteiger partial charge in [0.25, 0.3) is 5.91 Å². The van der Waals surface area contributed by atoms with Crippen LogP contribution in [-0.4, -0.2) is 10.9 Å². The number of hydrogen-bond donors (Lipinski definition) is 1. The summed E-state index contributed by atoms with van der Waals surface area (Å²) >= 11 is 0. The highest BCUT2D eigenvalue weighted by molar-refractivity contribution is 6.07. The molecule has 0 fully saturated rings. The summed E-state index contributed by atoms with van der Waals surface area (Å²) in [7, 11) is 0. The van der Waals surface area contributed by atoms with Gasteiger partial charge in [-0.3, -0.25) is 4.79 Å². The van der Waals surface area contributed by atoms with Gasteiger partial charge in [-0.05, 0) is 67.1 Å². The highest BCUT2D eigenvalue weighted by Gasteiger charge is 2.12. The first kappa shape index (κ1) is 18.1. The lowest BCUT2D eigenvalue weighted by atomic mass is 10.1. The fourth-order valence-corrected chi connectivity index (χ4v) is 3.76. The van der Waals surface area contributed by atoms with E-state index in [0.717, 1.165) is 27.5 Å². The molecule has 30 heavy (non-hydrogen) atoms. The lowest BCUT2D eigenvalue weighted by molar-refractivity contribution is 0.102. The van der Waals surface area contributed by atoms with Crippen LogP contribution in [0.1, 0.15) is 21.5 Å². The Balaban J connectivity index is 1.43. The highest BCUT2D eigenvalue weighted by atomic mass is 16.3. The Hall–Kier alpha value is -3.92. The topological polar surface area (TPSA) is 55.1 Å². The minimum atomic E-state index is -0.155. The zero-order valence-corrected chi connectivity index (χ0v) is 16.8. The van der Waals surface area contributed by atoms with Gasteiger partial charge in [0, 0.05) is 16.8 Å². The number of anilines is 1. The Morgan fingerprint density at radius 1 is 0.833 bits per heavy atom. The Morgan fingerprint density at radius 2 is 1.60 bits per heavy atom. The monoisotopic (exact) mass is 392 g/mol. The molecule has 0 radical (unpaired) electrons. The number of nitrogens with zero attached hydrogens (tertiary/aromatic N) is 1. The number of carbonyl (C=O) groups is 1. The molecule has 0 unspecified atom stereocenters. The molecule has 0 aliphatic carbocycles. The van der Waals surface area contributed by atoms with Crippen LogP contribution in [0.25, 0.3) is 33.3 Å². The van der Waals surface area contributed by atoms with E-state index in [1.807, 2.05) is 60.7 Å². The lowest BCUT2D eigenvalue weighted by Gasteiger charge is -2.06. The molecule has 0 aliphatic heterocycles. The summed E-state index contributed by atoms with van der Waals surface area (Å²) in [5.74, 6) is 0.424. The fraction of sp³-hybridized carbons (Fsp3) is 0.0769. The average Bonchev–Trinajstić information content (AvgIpc) is 3.16. The van der Waals surface area contributed by atoms with Crippen LogP contribution in [0.3, 0.4) is 0 Å². The quantitative estimate of drug-likeness (QED) is 0.380. The molecule has 0 saturated heterocycles. The molecule has 0 spiro atoms. The SMILES string of the molecule is Cc1cc(C)cc(-c2nc3cc(NC(=O)c4ccc5ccccc5c4)ccc3o2)c1. The van der Waals surface area contributed by atoms with Crippen molar-refractivity contribution in [3.63, 3.8) is 0 Å². The third-order valence-corrected chi connectivity index (χ3v) is 5.13. The fourth-order valence-electron chi connectivity index (χ4n) is 3.76. The first-order chi connectivity index (χ1) is 14.5. The zero-order chi connectivity index (χ0) is 20.7. The summed E-state index contributed by atoms with van der Waals surface area (Å²) in [6.45, 7) is 4.11. The van der Waals surface area contributed by atoms with Gasteiger partial charge in [-0.1, -0.05) is 47.5 Å². The van der Waals surface area contributed by atoms with Crippen LogP contribution < -0.4 is 5.32 Å². The lowest BCUT2D eigenvalue weighted by Crippen LogP contribution is -2.11. The molecule has 0 aliphatic rings. The molecule has 0 atom stereocenters. The minimum absolute atomic E-state index is 0.155. The number of aromatic nitrogens is 1. The number of benzene rings is 4. The summed E-state index contributed by atoms with van der Waals surface area (Å²) in [5.41, 5.74) is 5.97. The van der Waals surface area contributed by atoms with E-state index in [-0.39, 0.29) is 5.91 Å². The predicted molar refractivity (Wildman–Crippen MR) is 121 cm³/mol. The van der Waals surface area contributed by atoms with Crippen molar-refractivity contribution in [2.75, 3.05) is 5.32 Å². The minimum Gasteiger partial charge on any atom is -0.436 e. The maximum Gasteiger partial charge on any atom is 0.255 e. The van der Waals surface area contributed by atoms with Crippen LogP contribution in [0.15, 0.2) is 83.3 Å². The Kier molecular flexibility index (Phi) is 4.32. The van der Waals surface area contributed by atoms with Crippen molar-refractivity contribution in [3.8, 4) is 11.5 Å². The summed E-state index contributed by atoms with van der Waals surface area (Å²) < 4.78 is 5.93. The third kappa shape index (κ3) is 3.44. The van der Waals surface area contributed by atoms with Gasteiger partial charge in [0.05, 0.1) is 0 Å². The molecular formula is C26H20N2O2. The zero-order valence-electron chi connectivity index (χ0n) is 16.8. The molecule has 1 aromatic heterocycles. The molecule has 0 bridgehead atoms. The molecule has 4 heteroatoms. The maximum absolute atomic E-state index is 12.7. The Morgan fingerprint density at radius 3 is 2.40 bits per heavy atom. The second kappa shape index (κ2) is 7.16. The molecule has 4 nitrogen and oxygen atoms in total. The Labute approximate surface area is 174 Å². The van der Waals surface area contributed by atoms with Crippen LogP contribution in [0, 0.1) is 13.8 Å². The van der Waals surface area contributed by atoms with Gasteiger partial charge in [0.2, 0.25) is 5.89 Å². The molecular weight excluding hydrogens is 372 g/mol. The Bertz CT molecular complexity index is 1400. The van der Waals surface area contributed by atoms with Crippen molar-refractivity contribution in [2.24, 2.45) is 0 Å². The van der Waals surface area contributed by atoms with Crippen molar-refractivity contribution >= 4 is 33.5 Å². The second-order valence-electron chi connectivity index (χ2n) is 7.59. The normalized spacial score (nSPS) is 11.1. The number of fused-ring (bicyclic) bond motifs is 2. The van der Waals surface area contributed by atoms with Gasteiger partial charge in [-0.25, -0.2) is 4.98 Å². The van der Waals surface area contributed by atoms with E-state index in [2.05, 4.69) is 42.3 Å². The van der Waals surface area contributed by atoms with E-state index in [1.54, 1.807) is 0 Å². The molecule has 146 valence electrons. The molecule has 5 aromatic rings. The van der Waals surface area contributed by atoms with E-state index < -0.39 is 0 Å². The van der Waals surface area contributed by atoms with Crippen molar-refractivity contribution in [1.29, 1.82) is 0 Å². The van der Waals surface area contributed by atoms with E-state index in [4.69, 9.17) is 4.42 Å². The number of amides is 1. The number of aryl methyl sites for hydroxylation is 2. The number of carbonyl (C=O) groups excluding carboxylic acids is 1. The smallest absolute Gasteiger partial charge is 0.255 e. The maximum atomic E-state index is 12.7. The van der Waals surface area contributed by atoms with Crippen LogP contribution in [0.5, 0.6) is 0 Å². The molecule has 5 rings (SSSR count). The number of oxazole rings is 1. The van der Waals surface area contributed by atoms with Gasteiger partial charge in [0.1, 0.15) is 5.52 Å². The molecule has 0 saturated carbocycles. The first-order valence-electron chi connectivity index (χ1n) is 9.85. The van der Waals surface area contributed by atoms with Crippen molar-refractivity contribution in [1.82, 2.24) is 4.98 Å². The van der Waals surface area contributed by atoms with Crippen LogP contribution in [0.4, 0.5) is 5.69 Å². The van der Waals surface area contributed by atoms with Gasteiger partial charge < -0.3 is 9.73 Å². The van der Waals surface area contributed by atoms with Gasteiger partial charge in [-0.2, -0.15) is 0 Å². The molecule has 4 aromatic carbocycles.